The summed E-state index contributed by atoms with van der Waals surface area (Å²) in [7, 11) is -0.955. The number of unbranched alkanes of at least 4 members (excludes halogenated alkanes) is 1. The van der Waals surface area contributed by atoms with E-state index in [0.29, 0.717) is 5.75 Å². The van der Waals surface area contributed by atoms with E-state index in [4.69, 9.17) is 5.11 Å². The van der Waals surface area contributed by atoms with E-state index in [2.05, 4.69) is 6.92 Å². The van der Waals surface area contributed by atoms with Gasteiger partial charge in [0.05, 0.1) is 17.4 Å². The van der Waals surface area contributed by atoms with Crippen molar-refractivity contribution in [3.05, 3.63) is 29.8 Å². The van der Waals surface area contributed by atoms with Crippen LogP contribution in [0.15, 0.2) is 29.2 Å². The van der Waals surface area contributed by atoms with Crippen molar-refractivity contribution in [1.29, 1.82) is 0 Å². The number of hydrogen-bond acceptors (Lipinski definition) is 2. The fraction of sp³-hybridized carbons (Fsp3) is 0.455. The first kappa shape index (κ1) is 11.4. The van der Waals surface area contributed by atoms with Crippen molar-refractivity contribution in [3.63, 3.8) is 0 Å². The van der Waals surface area contributed by atoms with Gasteiger partial charge in [-0.3, -0.25) is 4.21 Å². The van der Waals surface area contributed by atoms with Crippen LogP contribution < -0.4 is 0 Å². The van der Waals surface area contributed by atoms with Gasteiger partial charge < -0.3 is 5.11 Å². The van der Waals surface area contributed by atoms with Crippen LogP contribution in [0.5, 0.6) is 0 Å². The maximum atomic E-state index is 11.8. The summed E-state index contributed by atoms with van der Waals surface area (Å²) in [6.45, 7) is 2.04. The third-order valence-corrected chi connectivity index (χ3v) is 3.62. The molecule has 3 heteroatoms. The minimum Gasteiger partial charge on any atom is -0.392 e. The van der Waals surface area contributed by atoms with Crippen LogP contribution in [-0.2, 0) is 17.4 Å². The van der Waals surface area contributed by atoms with E-state index in [1.807, 2.05) is 24.3 Å². The zero-order chi connectivity index (χ0) is 10.4. The molecule has 0 fully saturated rings. The van der Waals surface area contributed by atoms with Crippen molar-refractivity contribution in [1.82, 2.24) is 0 Å². The lowest BCUT2D eigenvalue weighted by Gasteiger charge is -2.05. The van der Waals surface area contributed by atoms with Crippen LogP contribution in [0.1, 0.15) is 25.3 Å². The Morgan fingerprint density at radius 2 is 2.07 bits per heavy atom. The van der Waals surface area contributed by atoms with Gasteiger partial charge in [0.15, 0.2) is 0 Å². The third-order valence-electron chi connectivity index (χ3n) is 2.07. The van der Waals surface area contributed by atoms with E-state index in [0.717, 1.165) is 23.3 Å². The Kier molecular flexibility index (Phi) is 4.84. The summed E-state index contributed by atoms with van der Waals surface area (Å²) in [5.74, 6) is 0.688. The Morgan fingerprint density at radius 3 is 2.71 bits per heavy atom. The predicted molar refractivity (Wildman–Crippen MR) is 58.5 cm³/mol. The number of hydrogen-bond donors (Lipinski definition) is 1. The molecule has 1 aromatic carbocycles. The molecule has 0 bridgehead atoms. The van der Waals surface area contributed by atoms with Gasteiger partial charge in [0, 0.05) is 10.6 Å². The van der Waals surface area contributed by atoms with Crippen molar-refractivity contribution in [2.45, 2.75) is 31.3 Å². The second kappa shape index (κ2) is 5.94. The molecule has 1 aromatic rings. The number of benzene rings is 1. The first-order valence-corrected chi connectivity index (χ1v) is 6.18. The van der Waals surface area contributed by atoms with Crippen molar-refractivity contribution < 1.29 is 9.32 Å². The minimum absolute atomic E-state index is 0.0337. The van der Waals surface area contributed by atoms with Crippen LogP contribution in [0.2, 0.25) is 0 Å². The highest BCUT2D eigenvalue weighted by Gasteiger charge is 2.07. The number of aliphatic hydroxyl groups is 1. The molecule has 1 N–H and O–H groups in total. The summed E-state index contributed by atoms with van der Waals surface area (Å²) in [4.78, 5) is 0.781. The summed E-state index contributed by atoms with van der Waals surface area (Å²) in [6, 6.07) is 7.36. The van der Waals surface area contributed by atoms with Gasteiger partial charge in [0.25, 0.3) is 0 Å². The second-order valence-electron chi connectivity index (χ2n) is 3.17. The lowest BCUT2D eigenvalue weighted by molar-refractivity contribution is 0.278. The maximum Gasteiger partial charge on any atom is 0.0693 e. The van der Waals surface area contributed by atoms with E-state index in [1.165, 1.54) is 0 Å². The first-order chi connectivity index (χ1) is 6.79. The summed E-state index contributed by atoms with van der Waals surface area (Å²) >= 11 is 0. The smallest absolute Gasteiger partial charge is 0.0693 e. The molecule has 2 nitrogen and oxygen atoms in total. The van der Waals surface area contributed by atoms with Gasteiger partial charge >= 0.3 is 0 Å². The van der Waals surface area contributed by atoms with Crippen molar-refractivity contribution in [3.8, 4) is 0 Å². The van der Waals surface area contributed by atoms with Crippen molar-refractivity contribution in [2.24, 2.45) is 0 Å². The van der Waals surface area contributed by atoms with Gasteiger partial charge in [-0.15, -0.1) is 0 Å². The van der Waals surface area contributed by atoms with Gasteiger partial charge in [-0.2, -0.15) is 0 Å². The normalized spacial score (nSPS) is 12.7. The van der Waals surface area contributed by atoms with Gasteiger partial charge in [-0.1, -0.05) is 31.5 Å². The maximum absolute atomic E-state index is 11.8. The molecule has 14 heavy (non-hydrogen) atoms. The van der Waals surface area contributed by atoms with Gasteiger partial charge in [0.1, 0.15) is 0 Å². The molecule has 0 heterocycles. The van der Waals surface area contributed by atoms with E-state index in [1.54, 1.807) is 0 Å². The average molecular weight is 212 g/mol. The highest BCUT2D eigenvalue weighted by atomic mass is 32.2. The third kappa shape index (κ3) is 2.93. The van der Waals surface area contributed by atoms with E-state index >= 15 is 0 Å². The molecule has 0 saturated heterocycles. The van der Waals surface area contributed by atoms with Crippen LogP contribution in [-0.4, -0.2) is 15.1 Å². The molecule has 1 unspecified atom stereocenters. The van der Waals surface area contributed by atoms with E-state index < -0.39 is 10.8 Å². The molecule has 0 radical (unpaired) electrons. The minimum atomic E-state index is -0.955. The SMILES string of the molecule is CCCCS(=O)c1ccccc1CO. The molecule has 0 aliphatic rings. The Bertz CT molecular complexity index is 310. The van der Waals surface area contributed by atoms with E-state index in [-0.39, 0.29) is 6.61 Å². The Labute approximate surface area is 87.4 Å². The van der Waals surface area contributed by atoms with Crippen LogP contribution in [0.3, 0.4) is 0 Å². The summed E-state index contributed by atoms with van der Waals surface area (Å²) in [5, 5.41) is 9.06. The monoisotopic (exact) mass is 212 g/mol. The van der Waals surface area contributed by atoms with Gasteiger partial charge in [-0.25, -0.2) is 0 Å². The topological polar surface area (TPSA) is 37.3 Å². The fourth-order valence-corrected chi connectivity index (χ4v) is 2.67. The summed E-state index contributed by atoms with van der Waals surface area (Å²) in [5.41, 5.74) is 0.780. The van der Waals surface area contributed by atoms with Crippen LogP contribution in [0.4, 0.5) is 0 Å². The zero-order valence-corrected chi connectivity index (χ0v) is 9.22. The molecule has 78 valence electrons. The predicted octanol–water partition coefficient (Wildman–Crippen LogP) is 2.09. The molecule has 0 saturated carbocycles. The highest BCUT2D eigenvalue weighted by Crippen LogP contribution is 2.14. The van der Waals surface area contributed by atoms with Crippen LogP contribution >= 0.6 is 0 Å². The van der Waals surface area contributed by atoms with Crippen molar-refractivity contribution in [2.75, 3.05) is 5.75 Å². The fourth-order valence-electron chi connectivity index (χ4n) is 1.24. The molecule has 0 aliphatic carbocycles. The van der Waals surface area contributed by atoms with Crippen molar-refractivity contribution >= 4 is 10.8 Å². The quantitative estimate of drug-likeness (QED) is 0.811. The average Bonchev–Trinajstić information content (AvgIpc) is 2.25. The zero-order valence-electron chi connectivity index (χ0n) is 8.40. The van der Waals surface area contributed by atoms with Gasteiger partial charge in [-0.05, 0) is 18.1 Å². The Balaban J connectivity index is 2.78. The molecular formula is C11H16O2S. The molecule has 0 amide bonds. The molecule has 1 atom stereocenters. The molecule has 1 rings (SSSR count). The molecular weight excluding hydrogens is 196 g/mol. The molecule has 0 aromatic heterocycles. The number of rotatable bonds is 5. The van der Waals surface area contributed by atoms with Crippen LogP contribution in [0, 0.1) is 0 Å². The standard InChI is InChI=1S/C11H16O2S/c1-2-3-8-14(13)11-7-5-4-6-10(11)9-12/h4-7,12H,2-3,8-9H2,1H3. The second-order valence-corrected chi connectivity index (χ2v) is 4.71. The molecule has 0 aliphatic heterocycles. The lowest BCUT2D eigenvalue weighted by Crippen LogP contribution is -2.01. The Hall–Kier alpha value is -0.670. The highest BCUT2D eigenvalue weighted by molar-refractivity contribution is 7.85. The Morgan fingerprint density at radius 1 is 1.36 bits per heavy atom. The van der Waals surface area contributed by atoms with Crippen LogP contribution in [0.25, 0.3) is 0 Å². The molecule has 0 spiro atoms. The number of aliphatic hydroxyl groups excluding tert-OH is 1. The van der Waals surface area contributed by atoms with E-state index in [9.17, 15) is 4.21 Å². The first-order valence-electron chi connectivity index (χ1n) is 4.86. The summed E-state index contributed by atoms with van der Waals surface area (Å²) in [6.07, 6.45) is 2.01. The summed E-state index contributed by atoms with van der Waals surface area (Å²) < 4.78 is 11.8. The van der Waals surface area contributed by atoms with Gasteiger partial charge in [0.2, 0.25) is 0 Å². The lowest BCUT2D eigenvalue weighted by atomic mass is 10.2. The largest absolute Gasteiger partial charge is 0.392 e.